The summed E-state index contributed by atoms with van der Waals surface area (Å²) < 4.78 is 1.72. The first-order valence-corrected chi connectivity index (χ1v) is 5.17. The molecular formula is C10H17N3O. The molecule has 0 bridgehead atoms. The molecule has 0 spiro atoms. The van der Waals surface area contributed by atoms with Crippen molar-refractivity contribution in [2.24, 2.45) is 7.05 Å². The second kappa shape index (κ2) is 4.11. The van der Waals surface area contributed by atoms with Crippen molar-refractivity contribution in [1.29, 1.82) is 0 Å². The molecule has 0 aromatic carbocycles. The third kappa shape index (κ3) is 1.96. The molecule has 0 aliphatic carbocycles. The lowest BCUT2D eigenvalue weighted by atomic mass is 9.97. The molecule has 1 aliphatic rings. The van der Waals surface area contributed by atoms with Crippen LogP contribution in [0.1, 0.15) is 30.9 Å². The first-order valence-electron chi connectivity index (χ1n) is 5.17. The zero-order chi connectivity index (χ0) is 9.97. The van der Waals surface area contributed by atoms with Crippen LogP contribution in [0.15, 0.2) is 12.4 Å². The molecule has 2 heterocycles. The number of hydrogen-bond acceptors (Lipinski definition) is 3. The van der Waals surface area contributed by atoms with Gasteiger partial charge in [-0.1, -0.05) is 6.42 Å². The number of aromatic nitrogens is 2. The van der Waals surface area contributed by atoms with Crippen LogP contribution in [0.25, 0.3) is 0 Å². The third-order valence-electron chi connectivity index (χ3n) is 2.80. The Hall–Kier alpha value is -0.870. The first-order chi connectivity index (χ1) is 6.77. The van der Waals surface area contributed by atoms with E-state index < -0.39 is 6.10 Å². The lowest BCUT2D eigenvalue weighted by Crippen LogP contribution is -2.38. The summed E-state index contributed by atoms with van der Waals surface area (Å²) in [6.07, 6.45) is 6.67. The Kier molecular flexibility index (Phi) is 2.84. The molecule has 2 atom stereocenters. The van der Waals surface area contributed by atoms with Crippen molar-refractivity contribution in [1.82, 2.24) is 15.1 Å². The summed E-state index contributed by atoms with van der Waals surface area (Å²) in [7, 11) is 1.87. The molecule has 1 fully saturated rings. The van der Waals surface area contributed by atoms with Crippen LogP contribution >= 0.6 is 0 Å². The smallest absolute Gasteiger partial charge is 0.0973 e. The van der Waals surface area contributed by atoms with E-state index >= 15 is 0 Å². The van der Waals surface area contributed by atoms with Crippen molar-refractivity contribution in [3.05, 3.63) is 18.0 Å². The quantitative estimate of drug-likeness (QED) is 0.726. The minimum atomic E-state index is -0.413. The molecule has 4 heteroatoms. The maximum atomic E-state index is 10.0. The highest BCUT2D eigenvalue weighted by atomic mass is 16.3. The van der Waals surface area contributed by atoms with Crippen LogP contribution in [-0.4, -0.2) is 27.5 Å². The predicted molar refractivity (Wildman–Crippen MR) is 53.8 cm³/mol. The fourth-order valence-electron chi connectivity index (χ4n) is 1.97. The average Bonchev–Trinajstić information content (AvgIpc) is 2.65. The molecule has 1 saturated heterocycles. The summed E-state index contributed by atoms with van der Waals surface area (Å²) in [6, 6.07) is 0.202. The lowest BCUT2D eigenvalue weighted by molar-refractivity contribution is 0.114. The van der Waals surface area contributed by atoms with E-state index in [0.29, 0.717) is 0 Å². The van der Waals surface area contributed by atoms with E-state index in [-0.39, 0.29) is 6.04 Å². The summed E-state index contributed by atoms with van der Waals surface area (Å²) >= 11 is 0. The largest absolute Gasteiger partial charge is 0.387 e. The topological polar surface area (TPSA) is 50.1 Å². The van der Waals surface area contributed by atoms with Gasteiger partial charge in [-0.3, -0.25) is 4.68 Å². The number of aliphatic hydroxyl groups is 1. The second-order valence-electron chi connectivity index (χ2n) is 3.95. The van der Waals surface area contributed by atoms with Gasteiger partial charge >= 0.3 is 0 Å². The van der Waals surface area contributed by atoms with Gasteiger partial charge < -0.3 is 10.4 Å². The van der Waals surface area contributed by atoms with Crippen molar-refractivity contribution >= 4 is 0 Å². The predicted octanol–water partition coefficient (Wildman–Crippen LogP) is 0.596. The molecule has 1 aromatic rings. The molecular weight excluding hydrogens is 178 g/mol. The fraction of sp³-hybridized carbons (Fsp3) is 0.700. The molecule has 2 N–H and O–H groups in total. The van der Waals surface area contributed by atoms with Crippen LogP contribution in [0.3, 0.4) is 0 Å². The number of hydrogen-bond donors (Lipinski definition) is 2. The van der Waals surface area contributed by atoms with E-state index in [4.69, 9.17) is 0 Å². The van der Waals surface area contributed by atoms with Gasteiger partial charge in [0, 0.05) is 24.8 Å². The normalized spacial score (nSPS) is 24.9. The Morgan fingerprint density at radius 3 is 3.07 bits per heavy atom. The molecule has 14 heavy (non-hydrogen) atoms. The van der Waals surface area contributed by atoms with Gasteiger partial charge in [-0.05, 0) is 19.4 Å². The summed E-state index contributed by atoms with van der Waals surface area (Å²) in [5.41, 5.74) is 0.909. The van der Waals surface area contributed by atoms with Crippen molar-refractivity contribution in [3.8, 4) is 0 Å². The van der Waals surface area contributed by atoms with Crippen LogP contribution in [0.4, 0.5) is 0 Å². The third-order valence-corrected chi connectivity index (χ3v) is 2.80. The van der Waals surface area contributed by atoms with Crippen molar-refractivity contribution < 1.29 is 5.11 Å². The highest BCUT2D eigenvalue weighted by Crippen LogP contribution is 2.21. The Morgan fingerprint density at radius 2 is 2.50 bits per heavy atom. The molecule has 78 valence electrons. The van der Waals surface area contributed by atoms with Crippen LogP contribution in [0, 0.1) is 0 Å². The number of nitrogens with zero attached hydrogens (tertiary/aromatic N) is 2. The van der Waals surface area contributed by atoms with Gasteiger partial charge in [-0.2, -0.15) is 5.10 Å². The highest BCUT2D eigenvalue weighted by molar-refractivity contribution is 5.10. The highest BCUT2D eigenvalue weighted by Gasteiger charge is 2.23. The van der Waals surface area contributed by atoms with Gasteiger partial charge in [-0.15, -0.1) is 0 Å². The molecule has 0 radical (unpaired) electrons. The molecule has 1 aliphatic heterocycles. The monoisotopic (exact) mass is 195 g/mol. The van der Waals surface area contributed by atoms with Crippen LogP contribution < -0.4 is 5.32 Å². The number of aliphatic hydroxyl groups excluding tert-OH is 1. The van der Waals surface area contributed by atoms with Gasteiger partial charge in [-0.25, -0.2) is 0 Å². The Bertz CT molecular complexity index is 291. The Morgan fingerprint density at radius 1 is 1.64 bits per heavy atom. The van der Waals surface area contributed by atoms with Crippen molar-refractivity contribution in [3.63, 3.8) is 0 Å². The summed E-state index contributed by atoms with van der Waals surface area (Å²) in [5.74, 6) is 0. The van der Waals surface area contributed by atoms with E-state index in [0.717, 1.165) is 18.5 Å². The van der Waals surface area contributed by atoms with Gasteiger partial charge in [0.1, 0.15) is 0 Å². The molecule has 1 aromatic heterocycles. The first kappa shape index (κ1) is 9.68. The van der Waals surface area contributed by atoms with E-state index in [1.807, 2.05) is 13.2 Å². The van der Waals surface area contributed by atoms with Crippen molar-refractivity contribution in [2.75, 3.05) is 6.54 Å². The zero-order valence-electron chi connectivity index (χ0n) is 8.48. The number of aryl methyl sites for hydroxylation is 1. The molecule has 0 amide bonds. The minimum Gasteiger partial charge on any atom is -0.387 e. The molecule has 2 unspecified atom stereocenters. The van der Waals surface area contributed by atoms with E-state index in [1.54, 1.807) is 10.9 Å². The standard InChI is InChI=1S/C10H17N3O/c1-13-7-8(6-12-13)10(14)9-4-2-3-5-11-9/h6-7,9-11,14H,2-5H2,1H3. The van der Waals surface area contributed by atoms with E-state index in [1.165, 1.54) is 12.8 Å². The van der Waals surface area contributed by atoms with Gasteiger partial charge in [0.15, 0.2) is 0 Å². The van der Waals surface area contributed by atoms with Gasteiger partial charge in [0.2, 0.25) is 0 Å². The zero-order valence-corrected chi connectivity index (χ0v) is 8.48. The van der Waals surface area contributed by atoms with Crippen molar-refractivity contribution in [2.45, 2.75) is 31.4 Å². The Labute approximate surface area is 83.9 Å². The summed E-state index contributed by atoms with van der Waals surface area (Å²) in [6.45, 7) is 1.02. The molecule has 0 saturated carbocycles. The second-order valence-corrected chi connectivity index (χ2v) is 3.95. The van der Waals surface area contributed by atoms with Crippen LogP contribution in [0.2, 0.25) is 0 Å². The van der Waals surface area contributed by atoms with E-state index in [2.05, 4.69) is 10.4 Å². The van der Waals surface area contributed by atoms with Gasteiger partial charge in [0.05, 0.1) is 12.3 Å². The maximum Gasteiger partial charge on any atom is 0.0973 e. The van der Waals surface area contributed by atoms with E-state index in [9.17, 15) is 5.11 Å². The van der Waals surface area contributed by atoms with Gasteiger partial charge in [0.25, 0.3) is 0 Å². The SMILES string of the molecule is Cn1cc(C(O)C2CCCCN2)cn1. The maximum absolute atomic E-state index is 10.0. The Balaban J connectivity index is 2.03. The number of nitrogens with one attached hydrogen (secondary N) is 1. The molecule has 2 rings (SSSR count). The number of rotatable bonds is 2. The summed E-state index contributed by atoms with van der Waals surface area (Å²) in [5, 5.41) is 17.4. The molecule has 4 nitrogen and oxygen atoms in total. The number of piperidine rings is 1. The van der Waals surface area contributed by atoms with Crippen LogP contribution in [0.5, 0.6) is 0 Å². The van der Waals surface area contributed by atoms with Crippen LogP contribution in [-0.2, 0) is 7.05 Å². The lowest BCUT2D eigenvalue weighted by Gasteiger charge is -2.27. The average molecular weight is 195 g/mol. The minimum absolute atomic E-state index is 0.202. The fourth-order valence-corrected chi connectivity index (χ4v) is 1.97. The summed E-state index contributed by atoms with van der Waals surface area (Å²) in [4.78, 5) is 0.